The van der Waals surface area contributed by atoms with Gasteiger partial charge in [-0.25, -0.2) is 9.97 Å². The van der Waals surface area contributed by atoms with Crippen LogP contribution in [0.15, 0.2) is 67.0 Å². The van der Waals surface area contributed by atoms with Crippen molar-refractivity contribution >= 4 is 17.4 Å². The number of carbonyl (C=O) groups is 1. The van der Waals surface area contributed by atoms with Gasteiger partial charge in [0, 0.05) is 19.2 Å². The Balaban J connectivity index is 1.52. The lowest BCUT2D eigenvalue weighted by Gasteiger charge is -2.16. The second-order valence-corrected chi connectivity index (χ2v) is 6.32. The van der Waals surface area contributed by atoms with Gasteiger partial charge in [-0.1, -0.05) is 30.3 Å². The van der Waals surface area contributed by atoms with Gasteiger partial charge >= 0.3 is 0 Å². The maximum absolute atomic E-state index is 12.7. The fourth-order valence-corrected chi connectivity index (χ4v) is 3.05. The molecule has 2 heterocycles. The van der Waals surface area contributed by atoms with Crippen LogP contribution in [0.2, 0.25) is 0 Å². The molecule has 0 radical (unpaired) electrons. The minimum atomic E-state index is -0.290. The number of carbonyl (C=O) groups excluding carboxylic acids is 1. The van der Waals surface area contributed by atoms with Gasteiger partial charge in [0.1, 0.15) is 23.6 Å². The highest BCUT2D eigenvalue weighted by molar-refractivity contribution is 6.04. The molecule has 1 amide bonds. The van der Waals surface area contributed by atoms with E-state index in [9.17, 15) is 4.79 Å². The molecule has 0 saturated carbocycles. The number of amides is 1. The first kappa shape index (κ1) is 17.0. The summed E-state index contributed by atoms with van der Waals surface area (Å²) in [5, 5.41) is 2.89. The Labute approximate surface area is 157 Å². The zero-order valence-corrected chi connectivity index (χ0v) is 14.8. The minimum absolute atomic E-state index is 0.290. The Morgan fingerprint density at radius 2 is 1.70 bits per heavy atom. The molecule has 0 bridgehead atoms. The molecule has 6 nitrogen and oxygen atoms in total. The molecule has 0 atom stereocenters. The van der Waals surface area contributed by atoms with Gasteiger partial charge < -0.3 is 15.0 Å². The third-order valence-electron chi connectivity index (χ3n) is 4.42. The zero-order valence-electron chi connectivity index (χ0n) is 14.8. The summed E-state index contributed by atoms with van der Waals surface area (Å²) >= 11 is 0. The van der Waals surface area contributed by atoms with Gasteiger partial charge in [0.25, 0.3) is 5.91 Å². The van der Waals surface area contributed by atoms with Gasteiger partial charge in [0.05, 0.1) is 5.69 Å². The van der Waals surface area contributed by atoms with Crippen molar-refractivity contribution < 1.29 is 9.53 Å². The molecular formula is C21H20N4O2. The van der Waals surface area contributed by atoms with E-state index in [1.54, 1.807) is 12.1 Å². The van der Waals surface area contributed by atoms with Gasteiger partial charge in [-0.2, -0.15) is 0 Å². The SMILES string of the molecule is O=C(Nc1ccccc1Oc1ccccc1)c1cc(N2CCCC2)ncn1. The van der Waals surface area contributed by atoms with Crippen molar-refractivity contribution in [2.24, 2.45) is 0 Å². The molecule has 1 aliphatic rings. The third kappa shape index (κ3) is 4.06. The van der Waals surface area contributed by atoms with Crippen LogP contribution >= 0.6 is 0 Å². The minimum Gasteiger partial charge on any atom is -0.455 e. The zero-order chi connectivity index (χ0) is 18.5. The van der Waals surface area contributed by atoms with Crippen LogP contribution in [0.25, 0.3) is 0 Å². The van der Waals surface area contributed by atoms with Crippen LogP contribution in [-0.2, 0) is 0 Å². The van der Waals surface area contributed by atoms with Crippen molar-refractivity contribution in [3.05, 3.63) is 72.7 Å². The summed E-state index contributed by atoms with van der Waals surface area (Å²) in [6, 6.07) is 18.5. The van der Waals surface area contributed by atoms with E-state index < -0.39 is 0 Å². The second kappa shape index (κ2) is 7.86. The van der Waals surface area contributed by atoms with Gasteiger partial charge in [-0.15, -0.1) is 0 Å². The van der Waals surface area contributed by atoms with Gasteiger partial charge in [-0.3, -0.25) is 4.79 Å². The predicted molar refractivity (Wildman–Crippen MR) is 104 cm³/mol. The highest BCUT2D eigenvalue weighted by atomic mass is 16.5. The fourth-order valence-electron chi connectivity index (χ4n) is 3.05. The highest BCUT2D eigenvalue weighted by Crippen LogP contribution is 2.29. The van der Waals surface area contributed by atoms with Gasteiger partial charge in [-0.05, 0) is 37.1 Å². The summed E-state index contributed by atoms with van der Waals surface area (Å²) in [5.41, 5.74) is 0.925. The van der Waals surface area contributed by atoms with Crippen LogP contribution in [0, 0.1) is 0 Å². The summed E-state index contributed by atoms with van der Waals surface area (Å²) in [6.45, 7) is 1.93. The number of ether oxygens (including phenoxy) is 1. The molecule has 4 rings (SSSR count). The van der Waals surface area contributed by atoms with Crippen molar-refractivity contribution in [1.29, 1.82) is 0 Å². The number of hydrogen-bond donors (Lipinski definition) is 1. The van der Waals surface area contributed by atoms with Crippen molar-refractivity contribution in [3.8, 4) is 11.5 Å². The van der Waals surface area contributed by atoms with Crippen molar-refractivity contribution in [2.45, 2.75) is 12.8 Å². The fraction of sp³-hybridized carbons (Fsp3) is 0.190. The van der Waals surface area contributed by atoms with Crippen LogP contribution in [0.5, 0.6) is 11.5 Å². The lowest BCUT2D eigenvalue weighted by Crippen LogP contribution is -2.21. The average molecular weight is 360 g/mol. The largest absolute Gasteiger partial charge is 0.455 e. The monoisotopic (exact) mass is 360 g/mol. The maximum atomic E-state index is 12.7. The molecule has 3 aromatic rings. The Morgan fingerprint density at radius 1 is 0.963 bits per heavy atom. The molecule has 136 valence electrons. The first-order valence-corrected chi connectivity index (χ1v) is 9.00. The number of anilines is 2. The molecule has 1 saturated heterocycles. The van der Waals surface area contributed by atoms with E-state index in [0.29, 0.717) is 22.9 Å². The Kier molecular flexibility index (Phi) is 4.96. The van der Waals surface area contributed by atoms with E-state index in [2.05, 4.69) is 20.2 Å². The normalized spacial score (nSPS) is 13.4. The van der Waals surface area contributed by atoms with Crippen LogP contribution in [0.3, 0.4) is 0 Å². The lowest BCUT2D eigenvalue weighted by atomic mass is 10.2. The number of benzene rings is 2. The standard InChI is InChI=1S/C21H20N4O2/c26-21(18-14-20(23-15-22-18)25-12-6-7-13-25)24-17-10-4-5-11-19(17)27-16-8-2-1-3-9-16/h1-5,8-11,14-15H,6-7,12-13H2,(H,24,26). The van der Waals surface area contributed by atoms with E-state index in [1.807, 2.05) is 48.5 Å². The van der Waals surface area contributed by atoms with Gasteiger partial charge in [0.15, 0.2) is 5.75 Å². The number of aromatic nitrogens is 2. The van der Waals surface area contributed by atoms with Crippen molar-refractivity contribution in [1.82, 2.24) is 9.97 Å². The molecule has 27 heavy (non-hydrogen) atoms. The van der Waals surface area contributed by atoms with E-state index in [0.717, 1.165) is 31.7 Å². The lowest BCUT2D eigenvalue weighted by molar-refractivity contribution is 0.102. The number of para-hydroxylation sites is 3. The van der Waals surface area contributed by atoms with Crippen molar-refractivity contribution in [3.63, 3.8) is 0 Å². The summed E-state index contributed by atoms with van der Waals surface area (Å²) in [6.07, 6.45) is 3.74. The molecule has 0 aliphatic carbocycles. The van der Waals surface area contributed by atoms with Crippen molar-refractivity contribution in [2.75, 3.05) is 23.3 Å². The molecule has 0 unspecified atom stereocenters. The third-order valence-corrected chi connectivity index (χ3v) is 4.42. The average Bonchev–Trinajstić information content (AvgIpc) is 3.25. The predicted octanol–water partition coefficient (Wildman–Crippen LogP) is 4.12. The molecule has 1 fully saturated rings. The first-order chi connectivity index (χ1) is 13.3. The number of hydrogen-bond acceptors (Lipinski definition) is 5. The molecule has 2 aromatic carbocycles. The second-order valence-electron chi connectivity index (χ2n) is 6.32. The molecule has 0 spiro atoms. The van der Waals surface area contributed by atoms with Crippen LogP contribution in [0.4, 0.5) is 11.5 Å². The van der Waals surface area contributed by atoms with Crippen LogP contribution in [-0.4, -0.2) is 29.0 Å². The highest BCUT2D eigenvalue weighted by Gasteiger charge is 2.17. The Hall–Kier alpha value is -3.41. The van der Waals surface area contributed by atoms with E-state index in [4.69, 9.17) is 4.74 Å². The summed E-state index contributed by atoms with van der Waals surface area (Å²) < 4.78 is 5.90. The summed E-state index contributed by atoms with van der Waals surface area (Å²) in [5.74, 6) is 1.78. The molecule has 6 heteroatoms. The smallest absolute Gasteiger partial charge is 0.274 e. The quantitative estimate of drug-likeness (QED) is 0.741. The number of nitrogens with zero attached hydrogens (tertiary/aromatic N) is 3. The van der Waals surface area contributed by atoms with E-state index in [1.165, 1.54) is 6.33 Å². The Morgan fingerprint density at radius 3 is 2.52 bits per heavy atom. The van der Waals surface area contributed by atoms with Gasteiger partial charge in [0.2, 0.25) is 0 Å². The molecule has 1 aliphatic heterocycles. The van der Waals surface area contributed by atoms with Crippen LogP contribution < -0.4 is 15.0 Å². The Bertz CT molecular complexity index is 924. The van der Waals surface area contributed by atoms with Crippen LogP contribution in [0.1, 0.15) is 23.3 Å². The molecule has 1 N–H and O–H groups in total. The summed E-state index contributed by atoms with van der Waals surface area (Å²) in [7, 11) is 0. The van der Waals surface area contributed by atoms with E-state index in [-0.39, 0.29) is 5.91 Å². The number of nitrogens with one attached hydrogen (secondary N) is 1. The first-order valence-electron chi connectivity index (χ1n) is 9.00. The molecule has 1 aromatic heterocycles. The van der Waals surface area contributed by atoms with E-state index >= 15 is 0 Å². The summed E-state index contributed by atoms with van der Waals surface area (Å²) in [4.78, 5) is 23.3. The number of rotatable bonds is 5. The topological polar surface area (TPSA) is 67.3 Å². The maximum Gasteiger partial charge on any atom is 0.274 e. The molecular weight excluding hydrogens is 340 g/mol.